The van der Waals surface area contributed by atoms with E-state index in [4.69, 9.17) is 0 Å². The van der Waals surface area contributed by atoms with Crippen LogP contribution in [-0.4, -0.2) is 12.6 Å². The lowest BCUT2D eigenvalue weighted by atomic mass is 9.98. The zero-order valence-electron chi connectivity index (χ0n) is 26.1. The molecule has 1 aromatic heterocycles. The fourth-order valence-electron chi connectivity index (χ4n) is 7.40. The van der Waals surface area contributed by atoms with Gasteiger partial charge in [0.05, 0.1) is 33.9 Å². The maximum absolute atomic E-state index is 10.6. The summed E-state index contributed by atoms with van der Waals surface area (Å²) in [5.74, 6) is 0. The minimum Gasteiger partial charge on any atom is -0.307 e. The van der Waals surface area contributed by atoms with E-state index in [0.717, 1.165) is 43.8 Å². The number of para-hydroxylation sites is 3. The Morgan fingerprint density at radius 2 is 0.938 bits per heavy atom. The summed E-state index contributed by atoms with van der Waals surface area (Å²) in [4.78, 5) is 0. The van der Waals surface area contributed by atoms with Crippen LogP contribution in [0.4, 0.5) is 0 Å². The van der Waals surface area contributed by atoms with Gasteiger partial charge in [-0.25, -0.2) is 0 Å². The van der Waals surface area contributed by atoms with Gasteiger partial charge in [-0.2, -0.15) is 10.5 Å². The summed E-state index contributed by atoms with van der Waals surface area (Å²) in [6.07, 6.45) is 0. The summed E-state index contributed by atoms with van der Waals surface area (Å²) in [6.45, 7) is 0. The Hall–Kier alpha value is -6.46. The van der Waals surface area contributed by atoms with Gasteiger partial charge in [-0.3, -0.25) is 0 Å². The van der Waals surface area contributed by atoms with Gasteiger partial charge < -0.3 is 4.57 Å². The Bertz CT molecular complexity index is 2370. The minimum absolute atomic E-state index is 0.570. The summed E-state index contributed by atoms with van der Waals surface area (Å²) in [6, 6.07) is 66.1. The maximum atomic E-state index is 10.6. The highest BCUT2D eigenvalue weighted by molar-refractivity contribution is 7.19. The molecule has 0 saturated carbocycles. The first-order valence-electron chi connectivity index (χ1n) is 16.0. The van der Waals surface area contributed by atoms with Gasteiger partial charge in [-0.1, -0.05) is 146 Å². The predicted octanol–water partition coefficient (Wildman–Crippen LogP) is 7.57. The summed E-state index contributed by atoms with van der Waals surface area (Å²) in [5.41, 5.74) is 5.82. The van der Waals surface area contributed by atoms with Crippen molar-refractivity contribution in [1.29, 1.82) is 10.5 Å². The number of aromatic nitrogens is 1. The second kappa shape index (κ2) is 12.0. The number of hydrogen-bond acceptors (Lipinski definition) is 2. The highest BCUT2D eigenvalue weighted by Crippen LogP contribution is 2.38. The summed E-state index contributed by atoms with van der Waals surface area (Å²) < 4.78 is 2.22. The van der Waals surface area contributed by atoms with Crippen molar-refractivity contribution in [3.63, 3.8) is 0 Å². The predicted molar refractivity (Wildman–Crippen MR) is 199 cm³/mol. The first-order chi connectivity index (χ1) is 23.7. The number of rotatable bonds is 6. The molecule has 0 saturated heterocycles. The molecule has 1 heterocycles. The zero-order valence-corrected chi connectivity index (χ0v) is 27.1. The third-order valence-corrected chi connectivity index (χ3v) is 14.1. The van der Waals surface area contributed by atoms with Crippen LogP contribution in [0.15, 0.2) is 176 Å². The maximum Gasteiger partial charge on any atom is 0.179 e. The van der Waals surface area contributed by atoms with Crippen molar-refractivity contribution >= 4 is 50.6 Å². The second-order valence-corrected chi connectivity index (χ2v) is 15.8. The lowest BCUT2D eigenvalue weighted by Gasteiger charge is -2.35. The van der Waals surface area contributed by atoms with Crippen LogP contribution >= 0.6 is 0 Å². The molecule has 0 amide bonds. The third kappa shape index (κ3) is 4.55. The van der Waals surface area contributed by atoms with Crippen LogP contribution in [0.25, 0.3) is 38.6 Å². The number of nitrogens with zero attached hydrogens (tertiary/aromatic N) is 3. The average molecular weight is 628 g/mol. The van der Waals surface area contributed by atoms with Crippen LogP contribution in [0.3, 0.4) is 0 Å². The van der Waals surface area contributed by atoms with Crippen LogP contribution in [0.5, 0.6) is 0 Å². The van der Waals surface area contributed by atoms with Gasteiger partial charge in [-0.15, -0.1) is 0 Å². The molecule has 0 spiro atoms. The molecule has 48 heavy (non-hydrogen) atoms. The van der Waals surface area contributed by atoms with E-state index in [1.165, 1.54) is 15.6 Å². The monoisotopic (exact) mass is 627 g/mol. The molecule has 0 aliphatic heterocycles. The van der Waals surface area contributed by atoms with Crippen LogP contribution in [0.1, 0.15) is 11.1 Å². The first-order valence-corrected chi connectivity index (χ1v) is 18.0. The van der Waals surface area contributed by atoms with Gasteiger partial charge in [0.15, 0.2) is 8.07 Å². The molecule has 0 bridgehead atoms. The minimum atomic E-state index is -2.93. The number of benzene rings is 7. The standard InChI is InChI=1S/C44H29N3Si/c45-30-32-27-34(39-24-14-15-33(31-46)44(39)47-42-25-12-10-22-40(42)41-23-11-13-26-43(41)47)29-38(28-32)48(35-16-4-1-5-17-35,36-18-6-2-7-19-36)37-20-8-3-9-21-37/h1-29H. The number of fused-ring (bicyclic) bond motifs is 3. The van der Waals surface area contributed by atoms with E-state index in [1.54, 1.807) is 0 Å². The summed E-state index contributed by atoms with van der Waals surface area (Å²) >= 11 is 0. The summed E-state index contributed by atoms with van der Waals surface area (Å²) in [5, 5.41) is 28.2. The third-order valence-electron chi connectivity index (χ3n) is 9.39. The molecular formula is C44H29N3Si. The van der Waals surface area contributed by atoms with E-state index < -0.39 is 8.07 Å². The average Bonchev–Trinajstić information content (AvgIpc) is 3.50. The lowest BCUT2D eigenvalue weighted by Crippen LogP contribution is -2.74. The van der Waals surface area contributed by atoms with E-state index >= 15 is 0 Å². The molecule has 0 aliphatic carbocycles. The molecule has 0 N–H and O–H groups in total. The first kappa shape index (κ1) is 29.0. The van der Waals surface area contributed by atoms with Crippen molar-refractivity contribution in [3.05, 3.63) is 187 Å². The van der Waals surface area contributed by atoms with Crippen molar-refractivity contribution < 1.29 is 0 Å². The Morgan fingerprint density at radius 1 is 0.438 bits per heavy atom. The van der Waals surface area contributed by atoms with E-state index in [1.807, 2.05) is 30.3 Å². The Balaban J connectivity index is 1.49. The van der Waals surface area contributed by atoms with Gasteiger partial charge in [0.1, 0.15) is 6.07 Å². The lowest BCUT2D eigenvalue weighted by molar-refractivity contribution is 1.17. The van der Waals surface area contributed by atoms with Gasteiger partial charge >= 0.3 is 0 Å². The van der Waals surface area contributed by atoms with Gasteiger partial charge in [0, 0.05) is 16.3 Å². The second-order valence-electron chi connectivity index (χ2n) is 11.9. The molecule has 0 radical (unpaired) electrons. The molecule has 0 unspecified atom stereocenters. The largest absolute Gasteiger partial charge is 0.307 e. The number of hydrogen-bond donors (Lipinski definition) is 0. The molecular weight excluding hydrogens is 599 g/mol. The van der Waals surface area contributed by atoms with Gasteiger partial charge in [0.2, 0.25) is 0 Å². The van der Waals surface area contributed by atoms with Crippen molar-refractivity contribution in [1.82, 2.24) is 4.57 Å². The quantitative estimate of drug-likeness (QED) is 0.141. The summed E-state index contributed by atoms with van der Waals surface area (Å²) in [7, 11) is -2.93. The highest BCUT2D eigenvalue weighted by Gasteiger charge is 2.41. The Morgan fingerprint density at radius 3 is 1.44 bits per heavy atom. The molecule has 4 heteroatoms. The van der Waals surface area contributed by atoms with Crippen LogP contribution in [0, 0.1) is 22.7 Å². The van der Waals surface area contributed by atoms with Crippen molar-refractivity contribution in [3.8, 4) is 29.0 Å². The Kier molecular flexibility index (Phi) is 7.27. The molecule has 8 rings (SSSR count). The number of nitriles is 2. The molecule has 7 aromatic carbocycles. The fourth-order valence-corrected chi connectivity index (χ4v) is 12.2. The van der Waals surface area contributed by atoms with Crippen LogP contribution < -0.4 is 20.7 Å². The van der Waals surface area contributed by atoms with E-state index in [0.29, 0.717) is 11.1 Å². The SMILES string of the molecule is N#Cc1cc(-c2cccc(C#N)c2-n2c3ccccc3c3ccccc32)cc([Si](c2ccccc2)(c2ccccc2)c2ccccc2)c1. The Labute approximate surface area is 280 Å². The van der Waals surface area contributed by atoms with Gasteiger partial charge in [0.25, 0.3) is 0 Å². The smallest absolute Gasteiger partial charge is 0.179 e. The molecule has 0 fully saturated rings. The van der Waals surface area contributed by atoms with Crippen molar-refractivity contribution in [2.75, 3.05) is 0 Å². The van der Waals surface area contributed by atoms with Crippen LogP contribution in [0.2, 0.25) is 0 Å². The normalized spacial score (nSPS) is 11.3. The van der Waals surface area contributed by atoms with E-state index in [-0.39, 0.29) is 0 Å². The van der Waals surface area contributed by atoms with E-state index in [2.05, 4.69) is 162 Å². The molecule has 3 nitrogen and oxygen atoms in total. The van der Waals surface area contributed by atoms with Gasteiger partial charge in [-0.05, 0) is 56.6 Å². The molecule has 0 atom stereocenters. The van der Waals surface area contributed by atoms with Crippen LogP contribution in [-0.2, 0) is 0 Å². The fraction of sp³-hybridized carbons (Fsp3) is 0. The molecule has 0 aliphatic rings. The van der Waals surface area contributed by atoms with E-state index in [9.17, 15) is 10.5 Å². The topological polar surface area (TPSA) is 52.5 Å². The van der Waals surface area contributed by atoms with Crippen molar-refractivity contribution in [2.45, 2.75) is 0 Å². The van der Waals surface area contributed by atoms with Crippen molar-refractivity contribution in [2.24, 2.45) is 0 Å². The highest BCUT2D eigenvalue weighted by atomic mass is 28.3. The molecule has 224 valence electrons. The zero-order chi connectivity index (χ0) is 32.5. The molecule has 8 aromatic rings.